The number of guanidine groups is 1. The second-order valence-corrected chi connectivity index (χ2v) is 9.08. The minimum Gasteiger partial charge on any atom is -0.354 e. The van der Waals surface area contributed by atoms with Gasteiger partial charge in [0.1, 0.15) is 12.4 Å². The predicted octanol–water partition coefficient (Wildman–Crippen LogP) is 2.51. The molecule has 2 N–H and O–H groups in total. The first kappa shape index (κ1) is 19.7. The summed E-state index contributed by atoms with van der Waals surface area (Å²) in [5.41, 5.74) is 0. The van der Waals surface area contributed by atoms with Gasteiger partial charge in [0.25, 0.3) is 0 Å². The van der Waals surface area contributed by atoms with Crippen LogP contribution in [0.5, 0.6) is 0 Å². The molecule has 3 fully saturated rings. The molecule has 1 aromatic rings. The molecule has 2 atom stereocenters. The third kappa shape index (κ3) is 4.50. The SMILES string of the molecule is Cc1nnc(CN=C(NC2CCCCC2)NC2CC3CCCC(C2)N3C)n1C. The third-order valence-corrected chi connectivity index (χ3v) is 7.19. The van der Waals surface area contributed by atoms with Crippen LogP contribution in [-0.2, 0) is 13.6 Å². The quantitative estimate of drug-likeness (QED) is 0.614. The highest BCUT2D eigenvalue weighted by Gasteiger charge is 2.36. The van der Waals surface area contributed by atoms with E-state index in [1.165, 1.54) is 64.2 Å². The highest BCUT2D eigenvalue weighted by molar-refractivity contribution is 5.80. The summed E-state index contributed by atoms with van der Waals surface area (Å²) in [4.78, 5) is 7.55. The summed E-state index contributed by atoms with van der Waals surface area (Å²) in [6.07, 6.45) is 13.0. The van der Waals surface area contributed by atoms with Gasteiger partial charge in [-0.25, -0.2) is 4.99 Å². The fourth-order valence-corrected chi connectivity index (χ4v) is 5.24. The summed E-state index contributed by atoms with van der Waals surface area (Å²) in [6.45, 7) is 2.55. The monoisotopic (exact) mass is 387 g/mol. The lowest BCUT2D eigenvalue weighted by Crippen LogP contribution is -2.57. The van der Waals surface area contributed by atoms with Gasteiger partial charge in [0, 0.05) is 31.2 Å². The van der Waals surface area contributed by atoms with E-state index < -0.39 is 0 Å². The van der Waals surface area contributed by atoms with Gasteiger partial charge >= 0.3 is 0 Å². The van der Waals surface area contributed by atoms with E-state index >= 15 is 0 Å². The fourth-order valence-electron chi connectivity index (χ4n) is 5.24. The Kier molecular flexibility index (Phi) is 6.19. The van der Waals surface area contributed by atoms with Crippen LogP contribution in [0.3, 0.4) is 0 Å². The van der Waals surface area contributed by atoms with E-state index in [9.17, 15) is 0 Å². The Morgan fingerprint density at radius 2 is 1.61 bits per heavy atom. The molecule has 2 aliphatic heterocycles. The van der Waals surface area contributed by atoms with E-state index in [-0.39, 0.29) is 0 Å². The van der Waals surface area contributed by atoms with Crippen LogP contribution >= 0.6 is 0 Å². The zero-order chi connectivity index (χ0) is 19.5. The summed E-state index contributed by atoms with van der Waals surface area (Å²) in [5.74, 6) is 2.82. The van der Waals surface area contributed by atoms with E-state index in [4.69, 9.17) is 4.99 Å². The lowest BCUT2D eigenvalue weighted by atomic mass is 9.82. The lowest BCUT2D eigenvalue weighted by Gasteiger charge is -2.47. The molecule has 28 heavy (non-hydrogen) atoms. The Balaban J connectivity index is 1.44. The number of fused-ring (bicyclic) bond motifs is 2. The summed E-state index contributed by atoms with van der Waals surface area (Å²) < 4.78 is 2.03. The molecule has 1 aliphatic carbocycles. The van der Waals surface area contributed by atoms with Crippen LogP contribution < -0.4 is 10.6 Å². The molecule has 3 aliphatic rings. The maximum atomic E-state index is 4.93. The van der Waals surface area contributed by atoms with E-state index in [1.807, 2.05) is 18.5 Å². The van der Waals surface area contributed by atoms with E-state index in [1.54, 1.807) is 0 Å². The van der Waals surface area contributed by atoms with Gasteiger partial charge in [-0.2, -0.15) is 0 Å². The second kappa shape index (κ2) is 8.80. The van der Waals surface area contributed by atoms with E-state index in [0.717, 1.165) is 29.7 Å². The van der Waals surface area contributed by atoms with Crippen molar-refractivity contribution in [1.82, 2.24) is 30.3 Å². The Hall–Kier alpha value is -1.63. The van der Waals surface area contributed by atoms with Crippen LogP contribution in [0.1, 0.15) is 75.9 Å². The van der Waals surface area contributed by atoms with E-state index in [2.05, 4.69) is 32.8 Å². The normalized spacial score (nSPS) is 29.7. The van der Waals surface area contributed by atoms with Crippen LogP contribution in [0.25, 0.3) is 0 Å². The maximum absolute atomic E-state index is 4.93. The largest absolute Gasteiger partial charge is 0.354 e. The van der Waals surface area contributed by atoms with Crippen molar-refractivity contribution in [3.05, 3.63) is 11.6 Å². The van der Waals surface area contributed by atoms with Crippen molar-refractivity contribution in [2.24, 2.45) is 12.0 Å². The third-order valence-electron chi connectivity index (χ3n) is 7.19. The minimum atomic E-state index is 0.516. The molecule has 7 nitrogen and oxygen atoms in total. The zero-order valence-electron chi connectivity index (χ0n) is 17.8. The smallest absolute Gasteiger partial charge is 0.192 e. The van der Waals surface area contributed by atoms with Crippen molar-refractivity contribution in [3.8, 4) is 0 Å². The Bertz CT molecular complexity index is 662. The van der Waals surface area contributed by atoms with Gasteiger partial charge in [-0.05, 0) is 52.5 Å². The number of nitrogens with one attached hydrogen (secondary N) is 2. The highest BCUT2D eigenvalue weighted by atomic mass is 15.3. The standard InChI is InChI=1S/C21H37N7/c1-15-25-26-20(27(15)2)14-22-21(23-16-8-5-4-6-9-16)24-17-12-18-10-7-11-19(13-17)28(18)3/h16-19H,4-14H2,1-3H3,(H2,22,23,24). The molecular weight excluding hydrogens is 350 g/mol. The predicted molar refractivity (Wildman–Crippen MR) is 112 cm³/mol. The summed E-state index contributed by atoms with van der Waals surface area (Å²) in [6, 6.07) is 2.51. The summed E-state index contributed by atoms with van der Waals surface area (Å²) >= 11 is 0. The second-order valence-electron chi connectivity index (χ2n) is 9.08. The van der Waals surface area contributed by atoms with Gasteiger partial charge in [0.05, 0.1) is 0 Å². The van der Waals surface area contributed by atoms with Gasteiger partial charge < -0.3 is 20.1 Å². The van der Waals surface area contributed by atoms with Crippen molar-refractivity contribution in [2.75, 3.05) is 7.05 Å². The Labute approximate surface area is 169 Å². The van der Waals surface area contributed by atoms with Crippen LogP contribution in [0.15, 0.2) is 4.99 Å². The molecule has 1 saturated carbocycles. The number of aromatic nitrogens is 3. The molecule has 0 spiro atoms. The number of hydrogen-bond donors (Lipinski definition) is 2. The van der Waals surface area contributed by atoms with Gasteiger partial charge in [0.15, 0.2) is 11.8 Å². The van der Waals surface area contributed by atoms with Crippen molar-refractivity contribution in [2.45, 2.75) is 102 Å². The average Bonchev–Trinajstić information content (AvgIpc) is 3.00. The van der Waals surface area contributed by atoms with Crippen molar-refractivity contribution < 1.29 is 0 Å². The molecule has 2 saturated heterocycles. The molecule has 0 amide bonds. The van der Waals surface area contributed by atoms with Gasteiger partial charge in [-0.3, -0.25) is 0 Å². The number of aryl methyl sites for hydroxylation is 1. The van der Waals surface area contributed by atoms with Crippen molar-refractivity contribution >= 4 is 5.96 Å². The number of piperidine rings is 2. The van der Waals surface area contributed by atoms with Gasteiger partial charge in [0.2, 0.25) is 0 Å². The Morgan fingerprint density at radius 3 is 2.25 bits per heavy atom. The number of nitrogens with zero attached hydrogens (tertiary/aromatic N) is 5. The fraction of sp³-hybridized carbons (Fsp3) is 0.857. The first-order chi connectivity index (χ1) is 13.6. The molecule has 2 bridgehead atoms. The maximum Gasteiger partial charge on any atom is 0.192 e. The molecule has 156 valence electrons. The van der Waals surface area contributed by atoms with Crippen LogP contribution in [0, 0.1) is 6.92 Å². The highest BCUT2D eigenvalue weighted by Crippen LogP contribution is 2.32. The molecule has 0 aromatic carbocycles. The van der Waals surface area contributed by atoms with Crippen molar-refractivity contribution in [3.63, 3.8) is 0 Å². The van der Waals surface area contributed by atoms with Crippen molar-refractivity contribution in [1.29, 1.82) is 0 Å². The van der Waals surface area contributed by atoms with Crippen LogP contribution in [0.2, 0.25) is 0 Å². The van der Waals surface area contributed by atoms with Gasteiger partial charge in [-0.1, -0.05) is 25.7 Å². The topological polar surface area (TPSA) is 70.4 Å². The first-order valence-electron chi connectivity index (χ1n) is 11.2. The zero-order valence-corrected chi connectivity index (χ0v) is 17.8. The number of hydrogen-bond acceptors (Lipinski definition) is 4. The summed E-state index contributed by atoms with van der Waals surface area (Å²) in [5, 5.41) is 16.0. The lowest BCUT2D eigenvalue weighted by molar-refractivity contribution is 0.0526. The van der Waals surface area contributed by atoms with E-state index in [0.29, 0.717) is 18.6 Å². The minimum absolute atomic E-state index is 0.516. The van der Waals surface area contributed by atoms with Crippen LogP contribution in [0.4, 0.5) is 0 Å². The van der Waals surface area contributed by atoms with Crippen LogP contribution in [-0.4, -0.2) is 56.8 Å². The number of rotatable bonds is 4. The molecular formula is C21H37N7. The first-order valence-corrected chi connectivity index (χ1v) is 11.2. The molecule has 7 heteroatoms. The molecule has 0 radical (unpaired) electrons. The summed E-state index contributed by atoms with van der Waals surface area (Å²) in [7, 11) is 4.33. The number of aliphatic imine (C=N–C) groups is 1. The average molecular weight is 388 g/mol. The Morgan fingerprint density at radius 1 is 0.929 bits per heavy atom. The molecule has 2 unspecified atom stereocenters. The molecule has 3 heterocycles. The van der Waals surface area contributed by atoms with Gasteiger partial charge in [-0.15, -0.1) is 10.2 Å². The molecule has 4 rings (SSSR count). The molecule has 1 aromatic heterocycles.